The normalized spacial score (nSPS) is 10.4. The zero-order valence-electron chi connectivity index (χ0n) is 11.5. The maximum Gasteiger partial charge on any atom is 0.251 e. The number of H-pyrrole nitrogens is 1. The van der Waals surface area contributed by atoms with E-state index in [0.717, 1.165) is 16.5 Å². The van der Waals surface area contributed by atoms with Crippen molar-refractivity contribution < 1.29 is 4.79 Å². The van der Waals surface area contributed by atoms with Crippen molar-refractivity contribution in [3.05, 3.63) is 58.4 Å². The first kappa shape index (κ1) is 14.1. The molecule has 2 aromatic rings. The number of hydrogen-bond donors (Lipinski definition) is 2. The number of aryl methyl sites for hydroxylation is 2. The molecule has 1 aromatic heterocycles. The van der Waals surface area contributed by atoms with E-state index in [-0.39, 0.29) is 11.5 Å². The fourth-order valence-electron chi connectivity index (χ4n) is 2.05. The molecule has 1 amide bonds. The summed E-state index contributed by atoms with van der Waals surface area (Å²) in [5, 5.41) is 3.74. The molecule has 0 aliphatic rings. The fraction of sp³-hybridized carbons (Fsp3) is 0.250. The Hall–Kier alpha value is -2.36. The molecule has 0 fully saturated rings. The van der Waals surface area contributed by atoms with E-state index in [1.807, 2.05) is 24.3 Å². The van der Waals surface area contributed by atoms with E-state index < -0.39 is 0 Å². The van der Waals surface area contributed by atoms with Gasteiger partial charge < -0.3 is 10.3 Å². The Morgan fingerprint density at radius 2 is 2.20 bits per heavy atom. The van der Waals surface area contributed by atoms with Gasteiger partial charge in [0.2, 0.25) is 5.91 Å². The lowest BCUT2D eigenvalue weighted by Gasteiger charge is -2.05. The number of aromatic nitrogens is 1. The van der Waals surface area contributed by atoms with Gasteiger partial charge in [0, 0.05) is 24.0 Å². The average Bonchev–Trinajstić information content (AvgIpc) is 2.44. The summed E-state index contributed by atoms with van der Waals surface area (Å²) < 4.78 is 0. The molecule has 104 valence electrons. The molecule has 0 atom stereocenters. The third kappa shape index (κ3) is 3.35. The largest absolute Gasteiger partial charge is 0.353 e. The van der Waals surface area contributed by atoms with Crippen LogP contribution in [-0.2, 0) is 11.2 Å². The molecule has 0 aliphatic carbocycles. The average molecular weight is 270 g/mol. The Kier molecular flexibility index (Phi) is 4.35. The highest BCUT2D eigenvalue weighted by Crippen LogP contribution is 2.14. The Morgan fingerprint density at radius 3 is 2.95 bits per heavy atom. The number of carbonyl (C=O) groups is 1. The minimum Gasteiger partial charge on any atom is -0.353 e. The number of pyridine rings is 1. The minimum atomic E-state index is -0.0611. The minimum absolute atomic E-state index is 0.0163. The third-order valence-corrected chi connectivity index (χ3v) is 3.18. The van der Waals surface area contributed by atoms with Crippen molar-refractivity contribution >= 4 is 16.8 Å². The van der Waals surface area contributed by atoms with Crippen molar-refractivity contribution in [2.24, 2.45) is 0 Å². The second-order valence-electron chi connectivity index (χ2n) is 4.80. The summed E-state index contributed by atoms with van der Waals surface area (Å²) in [5.41, 5.74) is 2.53. The van der Waals surface area contributed by atoms with E-state index in [0.29, 0.717) is 24.9 Å². The molecule has 0 unspecified atom stereocenters. The van der Waals surface area contributed by atoms with Gasteiger partial charge in [-0.05, 0) is 42.5 Å². The van der Waals surface area contributed by atoms with E-state index in [2.05, 4.69) is 16.9 Å². The summed E-state index contributed by atoms with van der Waals surface area (Å²) in [7, 11) is 0. The lowest BCUT2D eigenvalue weighted by Crippen LogP contribution is -2.23. The van der Waals surface area contributed by atoms with Crippen molar-refractivity contribution in [1.29, 1.82) is 0 Å². The van der Waals surface area contributed by atoms with Gasteiger partial charge in [-0.3, -0.25) is 9.59 Å². The van der Waals surface area contributed by atoms with Crippen molar-refractivity contribution in [3.8, 4) is 0 Å². The Morgan fingerprint density at radius 1 is 1.40 bits per heavy atom. The van der Waals surface area contributed by atoms with E-state index in [1.165, 1.54) is 0 Å². The number of carbonyl (C=O) groups excluding carboxylic acids is 1. The molecule has 4 nitrogen and oxygen atoms in total. The summed E-state index contributed by atoms with van der Waals surface area (Å²) in [5.74, 6) is 0.0163. The van der Waals surface area contributed by atoms with Crippen molar-refractivity contribution in [2.45, 2.75) is 19.8 Å². The molecule has 0 saturated carbocycles. The number of hydrogen-bond acceptors (Lipinski definition) is 2. The van der Waals surface area contributed by atoms with Crippen molar-refractivity contribution in [1.82, 2.24) is 10.3 Å². The molecule has 0 saturated heterocycles. The van der Waals surface area contributed by atoms with Crippen LogP contribution in [0, 0.1) is 6.92 Å². The van der Waals surface area contributed by atoms with Gasteiger partial charge in [-0.15, -0.1) is 6.58 Å². The Bertz CT molecular complexity index is 701. The van der Waals surface area contributed by atoms with Gasteiger partial charge in [0.15, 0.2) is 0 Å². The molecule has 20 heavy (non-hydrogen) atoms. The summed E-state index contributed by atoms with van der Waals surface area (Å²) >= 11 is 0. The van der Waals surface area contributed by atoms with Crippen LogP contribution in [-0.4, -0.2) is 17.4 Å². The van der Waals surface area contributed by atoms with Gasteiger partial charge in [0.05, 0.1) is 0 Å². The molecule has 2 rings (SSSR count). The van der Waals surface area contributed by atoms with Crippen LogP contribution in [0.25, 0.3) is 10.9 Å². The zero-order chi connectivity index (χ0) is 14.5. The SMILES string of the molecule is C=CCNC(=O)CCc1ccc2[nH]c(=O)c(C)cc2c1. The first-order valence-corrected chi connectivity index (χ1v) is 6.60. The number of amides is 1. The second kappa shape index (κ2) is 6.19. The van der Waals surface area contributed by atoms with Crippen LogP contribution < -0.4 is 10.9 Å². The molecular weight excluding hydrogens is 252 g/mol. The number of nitrogens with one attached hydrogen (secondary N) is 2. The first-order chi connectivity index (χ1) is 9.60. The number of benzene rings is 1. The predicted octanol–water partition coefficient (Wildman–Crippen LogP) is 2.07. The quantitative estimate of drug-likeness (QED) is 0.817. The van der Waals surface area contributed by atoms with Gasteiger partial charge in [0.1, 0.15) is 0 Å². The first-order valence-electron chi connectivity index (χ1n) is 6.60. The van der Waals surface area contributed by atoms with Gasteiger partial charge in [-0.25, -0.2) is 0 Å². The topological polar surface area (TPSA) is 62.0 Å². The summed E-state index contributed by atoms with van der Waals surface area (Å²) in [6.45, 7) is 5.84. The van der Waals surface area contributed by atoms with Crippen LogP contribution in [0.5, 0.6) is 0 Å². The number of fused-ring (bicyclic) bond motifs is 1. The Labute approximate surface area is 117 Å². The Balaban J connectivity index is 2.12. The lowest BCUT2D eigenvalue weighted by atomic mass is 10.1. The second-order valence-corrected chi connectivity index (χ2v) is 4.80. The van der Waals surface area contributed by atoms with Gasteiger partial charge in [-0.1, -0.05) is 12.1 Å². The number of rotatable bonds is 5. The van der Waals surface area contributed by atoms with Gasteiger partial charge in [-0.2, -0.15) is 0 Å². The van der Waals surface area contributed by atoms with E-state index >= 15 is 0 Å². The van der Waals surface area contributed by atoms with Crippen LogP contribution in [0.15, 0.2) is 41.7 Å². The highest BCUT2D eigenvalue weighted by Gasteiger charge is 2.03. The molecule has 0 aliphatic heterocycles. The molecular formula is C16H18N2O2. The lowest BCUT2D eigenvalue weighted by molar-refractivity contribution is -0.120. The van der Waals surface area contributed by atoms with Crippen molar-refractivity contribution in [2.75, 3.05) is 6.54 Å². The van der Waals surface area contributed by atoms with E-state index in [9.17, 15) is 9.59 Å². The highest BCUT2D eigenvalue weighted by molar-refractivity contribution is 5.80. The molecule has 4 heteroatoms. The van der Waals surface area contributed by atoms with E-state index in [1.54, 1.807) is 13.0 Å². The smallest absolute Gasteiger partial charge is 0.251 e. The van der Waals surface area contributed by atoms with E-state index in [4.69, 9.17) is 0 Å². The van der Waals surface area contributed by atoms with Crippen LogP contribution in [0.3, 0.4) is 0 Å². The third-order valence-electron chi connectivity index (χ3n) is 3.18. The molecule has 1 heterocycles. The van der Waals surface area contributed by atoms with Gasteiger partial charge >= 0.3 is 0 Å². The van der Waals surface area contributed by atoms with Crippen LogP contribution in [0.1, 0.15) is 17.5 Å². The molecule has 0 spiro atoms. The monoisotopic (exact) mass is 270 g/mol. The maximum atomic E-state index is 11.5. The van der Waals surface area contributed by atoms with Crippen LogP contribution >= 0.6 is 0 Å². The predicted molar refractivity (Wildman–Crippen MR) is 80.8 cm³/mol. The standard InChI is InChI=1S/C16H18N2O2/c1-3-8-17-15(19)7-5-12-4-6-14-13(10-12)9-11(2)16(20)18-14/h3-4,6,9-10H,1,5,7-8H2,2H3,(H,17,19)(H,18,20). The molecule has 1 aromatic carbocycles. The van der Waals surface area contributed by atoms with Gasteiger partial charge in [0.25, 0.3) is 5.56 Å². The fourth-order valence-corrected chi connectivity index (χ4v) is 2.05. The summed E-state index contributed by atoms with van der Waals surface area (Å²) in [6.07, 6.45) is 2.78. The van der Waals surface area contributed by atoms with Crippen LogP contribution in [0.4, 0.5) is 0 Å². The van der Waals surface area contributed by atoms with Crippen molar-refractivity contribution in [3.63, 3.8) is 0 Å². The summed E-state index contributed by atoms with van der Waals surface area (Å²) in [4.78, 5) is 25.9. The number of aromatic amines is 1. The molecule has 2 N–H and O–H groups in total. The summed E-state index contributed by atoms with van der Waals surface area (Å²) in [6, 6.07) is 7.70. The molecule has 0 radical (unpaired) electrons. The van der Waals surface area contributed by atoms with Crippen LogP contribution in [0.2, 0.25) is 0 Å². The molecule has 0 bridgehead atoms. The zero-order valence-corrected chi connectivity index (χ0v) is 11.5. The highest BCUT2D eigenvalue weighted by atomic mass is 16.1. The maximum absolute atomic E-state index is 11.5.